The minimum atomic E-state index is -0.257. The molecule has 0 aliphatic carbocycles. The van der Waals surface area contributed by atoms with Crippen molar-refractivity contribution in [2.24, 2.45) is 4.99 Å². The summed E-state index contributed by atoms with van der Waals surface area (Å²) in [4.78, 5) is 42.2. The molecule has 43 heavy (non-hydrogen) atoms. The summed E-state index contributed by atoms with van der Waals surface area (Å²) in [5.41, 5.74) is 5.75. The third kappa shape index (κ3) is 14.3. The second-order valence-corrected chi connectivity index (χ2v) is 9.81. The molecule has 0 unspecified atom stereocenters. The molecule has 1 amide bonds. The smallest absolute Gasteiger partial charge is 0.290 e. The molecule has 0 aliphatic rings. The first-order valence-electron chi connectivity index (χ1n) is 14.1. The molecule has 9 heteroatoms. The van der Waals surface area contributed by atoms with Crippen LogP contribution in [0.3, 0.4) is 0 Å². The van der Waals surface area contributed by atoms with Gasteiger partial charge in [-0.25, -0.2) is 0 Å². The maximum Gasteiger partial charge on any atom is 0.290 e. The second-order valence-electron chi connectivity index (χ2n) is 7.89. The molecule has 0 saturated heterocycles. The number of pyridine rings is 1. The molecule has 2 heterocycles. The Morgan fingerprint density at radius 1 is 1.00 bits per heavy atom. The topological polar surface area (TPSA) is 109 Å². The van der Waals surface area contributed by atoms with Gasteiger partial charge in [-0.15, -0.1) is 0 Å². The molecule has 0 atom stereocenters. The first kappa shape index (κ1) is 41.4. The zero-order valence-electron chi connectivity index (χ0n) is 26.9. The average Bonchev–Trinajstić information content (AvgIpc) is 3.02. The predicted octanol–water partition coefficient (Wildman–Crippen LogP) is 10.1. The number of amides is 1. The molecule has 0 bridgehead atoms. The van der Waals surface area contributed by atoms with Crippen LogP contribution in [0.1, 0.15) is 87.9 Å². The Morgan fingerprint density at radius 3 is 2.07 bits per heavy atom. The average molecular weight is 671 g/mol. The number of aryl methyl sites for hydroxylation is 2. The van der Waals surface area contributed by atoms with Crippen LogP contribution in [0, 0.1) is 13.8 Å². The number of nitrogens with one attached hydrogen (secondary N) is 1. The van der Waals surface area contributed by atoms with Crippen LogP contribution in [0.5, 0.6) is 0 Å². The van der Waals surface area contributed by atoms with Crippen LogP contribution in [0.25, 0.3) is 5.70 Å². The zero-order chi connectivity index (χ0) is 33.5. The van der Waals surface area contributed by atoms with Gasteiger partial charge in [-0.3, -0.25) is 24.4 Å². The Hall–Kier alpha value is -3.74. The molecule has 0 radical (unpaired) electrons. The molecule has 0 fully saturated rings. The normalized spacial score (nSPS) is 10.4. The van der Waals surface area contributed by atoms with Gasteiger partial charge in [-0.05, 0) is 75.0 Å². The molecular formula is C34H45BrN3O4P. The first-order valence-corrected chi connectivity index (χ1v) is 15.8. The third-order valence-corrected chi connectivity index (χ3v) is 6.76. The van der Waals surface area contributed by atoms with Crippen molar-refractivity contribution in [1.82, 2.24) is 4.98 Å². The predicted molar refractivity (Wildman–Crippen MR) is 188 cm³/mol. The number of benzene rings is 1. The highest BCUT2D eigenvalue weighted by Crippen LogP contribution is 2.30. The number of aliphatic imine (C=N–C) groups is 1. The lowest BCUT2D eigenvalue weighted by Crippen LogP contribution is -2.13. The molecule has 2 N–H and O–H groups in total. The molecule has 2 aromatic heterocycles. The highest BCUT2D eigenvalue weighted by Gasteiger charge is 2.15. The molecule has 0 saturated carbocycles. The zero-order valence-corrected chi connectivity index (χ0v) is 29.4. The molecule has 3 aromatic rings. The van der Waals surface area contributed by atoms with E-state index in [1.54, 1.807) is 18.3 Å². The van der Waals surface area contributed by atoms with Crippen LogP contribution in [-0.4, -0.2) is 34.0 Å². The van der Waals surface area contributed by atoms with E-state index >= 15 is 0 Å². The van der Waals surface area contributed by atoms with Gasteiger partial charge in [-0.2, -0.15) is 0 Å². The molecule has 0 aliphatic heterocycles. The van der Waals surface area contributed by atoms with E-state index in [1.165, 1.54) is 6.92 Å². The maximum absolute atomic E-state index is 12.4. The standard InChI is InChI=1S/C27H25BrN3O2P.3C2H6.CH2O2/c1-6-22(19(5)32)26(23-13-20(28)9-8-17(23)3)30-18(4)25-12-10-21(15-34-25)31-27(33)24-11-7-16(2)14-29-24;3*1-2;2-1-3/h6-15H,1H2,2-5H3,(H,31,33);3*1-2H3;1H,(H,2,3)/b26-22-,30-18?;;;;. The number of carbonyl (C=O) groups is 3. The highest BCUT2D eigenvalue weighted by atomic mass is 79.9. The van der Waals surface area contributed by atoms with Crippen LogP contribution >= 0.6 is 24.1 Å². The molecule has 232 valence electrons. The van der Waals surface area contributed by atoms with E-state index in [2.05, 4.69) is 32.8 Å². The quantitative estimate of drug-likeness (QED) is 0.113. The van der Waals surface area contributed by atoms with Gasteiger partial charge >= 0.3 is 0 Å². The monoisotopic (exact) mass is 669 g/mol. The van der Waals surface area contributed by atoms with E-state index in [4.69, 9.17) is 14.9 Å². The Labute approximate surface area is 267 Å². The van der Waals surface area contributed by atoms with Crippen molar-refractivity contribution in [2.45, 2.75) is 69.2 Å². The van der Waals surface area contributed by atoms with E-state index in [0.29, 0.717) is 22.7 Å². The van der Waals surface area contributed by atoms with Crippen molar-refractivity contribution < 1.29 is 19.5 Å². The number of anilines is 1. The highest BCUT2D eigenvalue weighted by molar-refractivity contribution is 9.10. The van der Waals surface area contributed by atoms with Crippen LogP contribution in [0.4, 0.5) is 5.69 Å². The lowest BCUT2D eigenvalue weighted by molar-refractivity contribution is -0.123. The van der Waals surface area contributed by atoms with Crippen LogP contribution in [0.2, 0.25) is 0 Å². The first-order chi connectivity index (χ1) is 20.6. The third-order valence-electron chi connectivity index (χ3n) is 5.11. The van der Waals surface area contributed by atoms with Crippen LogP contribution < -0.4 is 5.32 Å². The van der Waals surface area contributed by atoms with Gasteiger partial charge in [-0.1, -0.05) is 90.5 Å². The SMILES string of the molecule is C=C/C(C(C)=O)=C(/N=C(C)c1ccc(NC(=O)c2ccc(C)cn2)cp1)c1cc(Br)ccc1C.CC.CC.CC.O=CO. The number of nitrogens with zero attached hydrogens (tertiary/aromatic N) is 2. The summed E-state index contributed by atoms with van der Waals surface area (Å²) < 4.78 is 0.903. The Morgan fingerprint density at radius 2 is 1.60 bits per heavy atom. The number of rotatable bonds is 7. The molecule has 3 rings (SSSR count). The van der Waals surface area contributed by atoms with Gasteiger partial charge in [0.2, 0.25) is 0 Å². The summed E-state index contributed by atoms with van der Waals surface area (Å²) in [6.45, 7) is 22.9. The number of halogens is 1. The van der Waals surface area contributed by atoms with E-state index < -0.39 is 0 Å². The lowest BCUT2D eigenvalue weighted by atomic mass is 9.99. The van der Waals surface area contributed by atoms with Crippen molar-refractivity contribution in [3.63, 3.8) is 0 Å². The largest absolute Gasteiger partial charge is 0.483 e. The molecule has 1 aromatic carbocycles. The number of allylic oxidation sites excluding steroid dienone is 2. The van der Waals surface area contributed by atoms with E-state index in [0.717, 1.165) is 40.4 Å². The molecule has 7 nitrogen and oxygen atoms in total. The van der Waals surface area contributed by atoms with E-state index in [9.17, 15) is 9.59 Å². The van der Waals surface area contributed by atoms with E-state index in [1.807, 2.05) is 105 Å². The minimum Gasteiger partial charge on any atom is -0.483 e. The van der Waals surface area contributed by atoms with Gasteiger partial charge < -0.3 is 10.4 Å². The number of ketones is 1. The van der Waals surface area contributed by atoms with Gasteiger partial charge in [0.25, 0.3) is 12.4 Å². The van der Waals surface area contributed by atoms with Crippen LogP contribution in [0.15, 0.2) is 82.2 Å². The number of hydrogen-bond donors (Lipinski definition) is 2. The number of hydrogen-bond acceptors (Lipinski definition) is 5. The summed E-state index contributed by atoms with van der Waals surface area (Å²) in [7, 11) is 0.880. The fraction of sp³-hybridized carbons (Fsp3) is 0.294. The number of aromatic nitrogens is 1. The van der Waals surface area contributed by atoms with Crippen molar-refractivity contribution in [3.05, 3.63) is 105 Å². The summed E-state index contributed by atoms with van der Waals surface area (Å²) in [6, 6.07) is 13.2. The summed E-state index contributed by atoms with van der Waals surface area (Å²) in [5.74, 6) is 1.55. The van der Waals surface area contributed by atoms with Gasteiger partial charge in [0.05, 0.1) is 5.70 Å². The van der Waals surface area contributed by atoms with Crippen molar-refractivity contribution in [1.29, 1.82) is 0 Å². The summed E-state index contributed by atoms with van der Waals surface area (Å²) in [5, 5.41) is 10.7. The van der Waals surface area contributed by atoms with Gasteiger partial charge in [0.15, 0.2) is 5.78 Å². The van der Waals surface area contributed by atoms with Gasteiger partial charge in [0, 0.05) is 38.5 Å². The van der Waals surface area contributed by atoms with Crippen molar-refractivity contribution in [3.8, 4) is 0 Å². The van der Waals surface area contributed by atoms with E-state index in [-0.39, 0.29) is 18.2 Å². The minimum absolute atomic E-state index is 0.0997. The Balaban J connectivity index is 0. The number of Topliss-reactive ketones (excluding diaryl/α,β-unsaturated/α-hetero) is 1. The lowest BCUT2D eigenvalue weighted by Gasteiger charge is -2.12. The Bertz CT molecular complexity index is 1370. The fourth-order valence-corrected chi connectivity index (χ4v) is 4.41. The van der Waals surface area contributed by atoms with Crippen molar-refractivity contribution >= 4 is 59.4 Å². The molecule has 0 spiro atoms. The second kappa shape index (κ2) is 23.8. The van der Waals surface area contributed by atoms with Gasteiger partial charge in [0.1, 0.15) is 5.69 Å². The van der Waals surface area contributed by atoms with Crippen molar-refractivity contribution in [2.75, 3.05) is 5.32 Å². The Kier molecular flexibility index (Phi) is 22.9. The molecular weight excluding hydrogens is 625 g/mol. The van der Waals surface area contributed by atoms with Crippen LogP contribution in [-0.2, 0) is 9.59 Å². The number of carbonyl (C=O) groups excluding carboxylic acids is 2. The summed E-state index contributed by atoms with van der Waals surface area (Å²) in [6.07, 6.45) is 3.22. The number of carboxylic acid groups (broad SMARTS) is 1. The summed E-state index contributed by atoms with van der Waals surface area (Å²) >= 11 is 3.52. The fourth-order valence-electron chi connectivity index (χ4n) is 3.23. The maximum atomic E-state index is 12.4.